The van der Waals surface area contributed by atoms with Crippen molar-refractivity contribution in [2.24, 2.45) is 0 Å². The highest BCUT2D eigenvalue weighted by atomic mass is 32.2. The average Bonchev–Trinajstić information content (AvgIpc) is 2.02. The van der Waals surface area contributed by atoms with E-state index in [1.165, 1.54) is 6.26 Å². The van der Waals surface area contributed by atoms with Crippen molar-refractivity contribution < 1.29 is 8.42 Å². The Morgan fingerprint density at radius 1 is 1.36 bits per heavy atom. The summed E-state index contributed by atoms with van der Waals surface area (Å²) < 4.78 is 22.0. The van der Waals surface area contributed by atoms with Crippen LogP contribution in [0.1, 0.15) is 11.1 Å². The van der Waals surface area contributed by atoms with Crippen LogP contribution in [0.2, 0.25) is 0 Å². The molecule has 0 saturated heterocycles. The van der Waals surface area contributed by atoms with Gasteiger partial charge in [0, 0.05) is 6.26 Å². The van der Waals surface area contributed by atoms with Crippen molar-refractivity contribution in [2.75, 3.05) is 6.26 Å². The zero-order valence-corrected chi connectivity index (χ0v) is 8.71. The summed E-state index contributed by atoms with van der Waals surface area (Å²) in [5.74, 6) is 0.0340. The van der Waals surface area contributed by atoms with E-state index >= 15 is 0 Å². The van der Waals surface area contributed by atoms with E-state index in [0.717, 1.165) is 11.1 Å². The van der Waals surface area contributed by atoms with Crippen molar-refractivity contribution >= 4 is 9.84 Å². The van der Waals surface area contributed by atoms with E-state index in [2.05, 4.69) is 0 Å². The summed E-state index contributed by atoms with van der Waals surface area (Å²) in [4.78, 5) is 0. The number of rotatable bonds is 3. The minimum Gasteiger partial charge on any atom is -0.229 e. The lowest BCUT2D eigenvalue weighted by Gasteiger charge is -2.00. The molecule has 0 radical (unpaired) electrons. The van der Waals surface area contributed by atoms with Crippen LogP contribution in [-0.4, -0.2) is 14.7 Å². The van der Waals surface area contributed by atoms with Crippen molar-refractivity contribution in [3.63, 3.8) is 0 Å². The first-order chi connectivity index (χ1) is 6.51. The lowest BCUT2D eigenvalue weighted by molar-refractivity contribution is 0.601. The predicted octanol–water partition coefficient (Wildman–Crippen LogP) is 1.30. The maximum atomic E-state index is 11.0. The van der Waals surface area contributed by atoms with Crippen molar-refractivity contribution in [3.05, 3.63) is 35.4 Å². The van der Waals surface area contributed by atoms with Gasteiger partial charge in [0.05, 0.1) is 18.2 Å². The highest BCUT2D eigenvalue weighted by Crippen LogP contribution is 2.08. The summed E-state index contributed by atoms with van der Waals surface area (Å²) in [7, 11) is -2.99. The molecule has 14 heavy (non-hydrogen) atoms. The summed E-state index contributed by atoms with van der Waals surface area (Å²) in [6.07, 6.45) is 1.52. The van der Waals surface area contributed by atoms with Gasteiger partial charge in [-0.2, -0.15) is 5.26 Å². The Kier molecular flexibility index (Phi) is 3.26. The molecule has 0 aliphatic carbocycles. The third-order valence-electron chi connectivity index (χ3n) is 1.70. The summed E-state index contributed by atoms with van der Waals surface area (Å²) in [6, 6.07) is 9.12. The van der Waals surface area contributed by atoms with Crippen LogP contribution in [0.4, 0.5) is 0 Å². The van der Waals surface area contributed by atoms with Crippen LogP contribution in [0.25, 0.3) is 0 Å². The van der Waals surface area contributed by atoms with Gasteiger partial charge in [0.2, 0.25) is 0 Å². The molecule has 0 aliphatic rings. The van der Waals surface area contributed by atoms with Gasteiger partial charge in [-0.1, -0.05) is 24.3 Å². The zero-order chi connectivity index (χ0) is 10.6. The highest BCUT2D eigenvalue weighted by molar-refractivity contribution is 7.89. The maximum Gasteiger partial charge on any atom is 0.151 e. The van der Waals surface area contributed by atoms with Gasteiger partial charge in [0.15, 0.2) is 9.84 Å². The predicted molar refractivity (Wildman–Crippen MR) is 54.3 cm³/mol. The zero-order valence-electron chi connectivity index (χ0n) is 7.90. The molecule has 0 saturated carbocycles. The number of hydrogen-bond acceptors (Lipinski definition) is 3. The summed E-state index contributed by atoms with van der Waals surface area (Å²) in [5, 5.41) is 8.47. The summed E-state index contributed by atoms with van der Waals surface area (Å²) in [6.45, 7) is 0. The molecule has 0 aromatic heterocycles. The van der Waals surface area contributed by atoms with E-state index in [0.29, 0.717) is 6.42 Å². The van der Waals surface area contributed by atoms with Gasteiger partial charge in [-0.05, 0) is 11.1 Å². The maximum absolute atomic E-state index is 11.0. The normalized spacial score (nSPS) is 10.9. The molecule has 4 heteroatoms. The Bertz CT molecular complexity index is 457. The fraction of sp³-hybridized carbons (Fsp3) is 0.300. The van der Waals surface area contributed by atoms with Crippen molar-refractivity contribution in [1.29, 1.82) is 5.26 Å². The molecule has 0 fully saturated rings. The van der Waals surface area contributed by atoms with Gasteiger partial charge in [-0.3, -0.25) is 0 Å². The minimum atomic E-state index is -2.99. The minimum absolute atomic E-state index is 0.0340. The highest BCUT2D eigenvalue weighted by Gasteiger charge is 2.04. The molecule has 0 N–H and O–H groups in total. The van der Waals surface area contributed by atoms with Crippen LogP contribution in [0.3, 0.4) is 0 Å². The Morgan fingerprint density at radius 2 is 2.00 bits per heavy atom. The summed E-state index contributed by atoms with van der Waals surface area (Å²) in [5.41, 5.74) is 1.59. The van der Waals surface area contributed by atoms with Crippen LogP contribution in [0, 0.1) is 11.3 Å². The first-order valence-corrected chi connectivity index (χ1v) is 6.20. The molecule has 1 aromatic carbocycles. The van der Waals surface area contributed by atoms with Crippen molar-refractivity contribution in [3.8, 4) is 6.07 Å². The largest absolute Gasteiger partial charge is 0.229 e. The molecule has 0 amide bonds. The van der Waals surface area contributed by atoms with E-state index in [-0.39, 0.29) is 5.75 Å². The smallest absolute Gasteiger partial charge is 0.151 e. The number of hydrogen-bond donors (Lipinski definition) is 0. The fourth-order valence-corrected chi connectivity index (χ4v) is 2.01. The molecular weight excluding hydrogens is 198 g/mol. The van der Waals surface area contributed by atoms with Crippen molar-refractivity contribution in [1.82, 2.24) is 0 Å². The van der Waals surface area contributed by atoms with Gasteiger partial charge in [-0.15, -0.1) is 0 Å². The van der Waals surface area contributed by atoms with Gasteiger partial charge < -0.3 is 0 Å². The van der Waals surface area contributed by atoms with Crippen LogP contribution in [-0.2, 0) is 22.0 Å². The third kappa shape index (κ3) is 3.58. The Morgan fingerprint density at radius 3 is 2.57 bits per heavy atom. The van der Waals surface area contributed by atoms with Gasteiger partial charge >= 0.3 is 0 Å². The number of nitrogens with zero attached hydrogens (tertiary/aromatic N) is 1. The fourth-order valence-electron chi connectivity index (χ4n) is 1.22. The molecule has 0 atom stereocenters. The van der Waals surface area contributed by atoms with Crippen molar-refractivity contribution in [2.45, 2.75) is 12.2 Å². The lowest BCUT2D eigenvalue weighted by atomic mass is 10.1. The first kappa shape index (κ1) is 10.7. The molecule has 3 nitrogen and oxygen atoms in total. The second-order valence-corrected chi connectivity index (χ2v) is 5.37. The summed E-state index contributed by atoms with van der Waals surface area (Å²) >= 11 is 0. The van der Waals surface area contributed by atoms with Crippen LogP contribution < -0.4 is 0 Å². The SMILES string of the molecule is CS(=O)(=O)Cc1cccc(CC#N)c1. The number of sulfone groups is 1. The van der Waals surface area contributed by atoms with E-state index in [1.54, 1.807) is 18.2 Å². The molecule has 74 valence electrons. The molecule has 0 aliphatic heterocycles. The lowest BCUT2D eigenvalue weighted by Crippen LogP contribution is -2.00. The van der Waals surface area contributed by atoms with Crippen LogP contribution in [0.15, 0.2) is 24.3 Å². The van der Waals surface area contributed by atoms with E-state index in [9.17, 15) is 8.42 Å². The Labute approximate surface area is 83.9 Å². The Hall–Kier alpha value is -1.34. The molecule has 0 bridgehead atoms. The van der Waals surface area contributed by atoms with E-state index < -0.39 is 9.84 Å². The van der Waals surface area contributed by atoms with Gasteiger partial charge in [0.1, 0.15) is 0 Å². The molecular formula is C10H11NO2S. The van der Waals surface area contributed by atoms with Crippen LogP contribution >= 0.6 is 0 Å². The topological polar surface area (TPSA) is 57.9 Å². The van der Waals surface area contributed by atoms with E-state index in [1.807, 2.05) is 12.1 Å². The monoisotopic (exact) mass is 209 g/mol. The first-order valence-electron chi connectivity index (χ1n) is 4.14. The number of benzene rings is 1. The third-order valence-corrected chi connectivity index (χ3v) is 2.56. The molecule has 0 unspecified atom stereocenters. The standard InChI is InChI=1S/C10H11NO2S/c1-14(12,13)8-10-4-2-3-9(7-10)5-6-11/h2-4,7H,5,8H2,1H3. The van der Waals surface area contributed by atoms with Gasteiger partial charge in [0.25, 0.3) is 0 Å². The molecule has 1 aromatic rings. The van der Waals surface area contributed by atoms with E-state index in [4.69, 9.17) is 5.26 Å². The number of nitriles is 1. The second-order valence-electron chi connectivity index (χ2n) is 3.22. The molecule has 0 spiro atoms. The Balaban J connectivity index is 2.90. The average molecular weight is 209 g/mol. The quantitative estimate of drug-likeness (QED) is 0.753. The molecule has 0 heterocycles. The van der Waals surface area contributed by atoms with Crippen LogP contribution in [0.5, 0.6) is 0 Å². The molecule has 1 rings (SSSR count). The second kappa shape index (κ2) is 4.25. The van der Waals surface area contributed by atoms with Gasteiger partial charge in [-0.25, -0.2) is 8.42 Å².